The standard InChI is InChI=1S/C21H27NO5/c1-7-27-17-9-8-15(11-18(17)25-5)10-16-19(21(24)26-6)14(4)22(20(16)23)12-13(2)3/h8-11,13H,7,12H2,1-6H3. The number of rotatable bonds is 7. The van der Waals surface area contributed by atoms with Gasteiger partial charge in [-0.3, -0.25) is 4.79 Å². The van der Waals surface area contributed by atoms with Crippen molar-refractivity contribution in [3.8, 4) is 11.5 Å². The number of nitrogens with zero attached hydrogens (tertiary/aromatic N) is 1. The lowest BCUT2D eigenvalue weighted by Gasteiger charge is -2.19. The Labute approximate surface area is 160 Å². The van der Waals surface area contributed by atoms with E-state index in [0.29, 0.717) is 41.5 Å². The molecule has 0 spiro atoms. The molecule has 1 aliphatic rings. The van der Waals surface area contributed by atoms with Crippen LogP contribution in [0.15, 0.2) is 35.0 Å². The van der Waals surface area contributed by atoms with Crippen molar-refractivity contribution in [1.29, 1.82) is 0 Å². The minimum atomic E-state index is -0.517. The van der Waals surface area contributed by atoms with E-state index in [2.05, 4.69) is 0 Å². The van der Waals surface area contributed by atoms with Crippen molar-refractivity contribution in [1.82, 2.24) is 4.90 Å². The van der Waals surface area contributed by atoms with Crippen molar-refractivity contribution in [2.24, 2.45) is 5.92 Å². The fourth-order valence-corrected chi connectivity index (χ4v) is 3.03. The Kier molecular flexibility index (Phi) is 6.66. The van der Waals surface area contributed by atoms with Gasteiger partial charge in [0.2, 0.25) is 0 Å². The summed E-state index contributed by atoms with van der Waals surface area (Å²) >= 11 is 0. The molecular weight excluding hydrogens is 346 g/mol. The van der Waals surface area contributed by atoms with Gasteiger partial charge >= 0.3 is 5.97 Å². The topological polar surface area (TPSA) is 65.1 Å². The SMILES string of the molecule is CCOc1ccc(C=C2C(=O)N(CC(C)C)C(C)=C2C(=O)OC)cc1OC. The van der Waals surface area contributed by atoms with Gasteiger partial charge in [0.1, 0.15) is 0 Å². The molecule has 1 aromatic carbocycles. The van der Waals surface area contributed by atoms with Crippen LogP contribution in [0.25, 0.3) is 6.08 Å². The first kappa shape index (κ1) is 20.6. The molecule has 2 rings (SSSR count). The predicted molar refractivity (Wildman–Crippen MR) is 103 cm³/mol. The molecule has 6 heteroatoms. The highest BCUT2D eigenvalue weighted by molar-refractivity contribution is 6.16. The quantitative estimate of drug-likeness (QED) is 0.541. The number of hydrogen-bond donors (Lipinski definition) is 0. The van der Waals surface area contributed by atoms with E-state index in [4.69, 9.17) is 14.2 Å². The van der Waals surface area contributed by atoms with Crippen molar-refractivity contribution in [3.63, 3.8) is 0 Å². The molecule has 146 valence electrons. The summed E-state index contributed by atoms with van der Waals surface area (Å²) in [6, 6.07) is 5.39. The number of methoxy groups -OCH3 is 2. The zero-order valence-corrected chi connectivity index (χ0v) is 16.8. The molecule has 1 aliphatic heterocycles. The monoisotopic (exact) mass is 373 g/mol. The molecule has 0 aliphatic carbocycles. The molecule has 0 aromatic heterocycles. The van der Waals surface area contributed by atoms with Crippen LogP contribution >= 0.6 is 0 Å². The van der Waals surface area contributed by atoms with Crippen LogP contribution < -0.4 is 9.47 Å². The Bertz CT molecular complexity index is 792. The summed E-state index contributed by atoms with van der Waals surface area (Å²) in [5.74, 6) is 0.746. The van der Waals surface area contributed by atoms with E-state index in [1.165, 1.54) is 7.11 Å². The Morgan fingerprint density at radius 1 is 1.22 bits per heavy atom. The fraction of sp³-hybridized carbons (Fsp3) is 0.429. The lowest BCUT2D eigenvalue weighted by Crippen LogP contribution is -2.28. The summed E-state index contributed by atoms with van der Waals surface area (Å²) in [5.41, 5.74) is 1.98. The number of amides is 1. The van der Waals surface area contributed by atoms with Gasteiger partial charge in [-0.1, -0.05) is 19.9 Å². The maximum Gasteiger partial charge on any atom is 0.340 e. The number of allylic oxidation sites excluding steroid dienone is 1. The Morgan fingerprint density at radius 2 is 1.93 bits per heavy atom. The smallest absolute Gasteiger partial charge is 0.340 e. The molecule has 27 heavy (non-hydrogen) atoms. The van der Waals surface area contributed by atoms with Gasteiger partial charge in [0, 0.05) is 12.2 Å². The number of carbonyl (C=O) groups excluding carboxylic acids is 2. The van der Waals surface area contributed by atoms with E-state index >= 15 is 0 Å². The molecule has 0 fully saturated rings. The number of ether oxygens (including phenoxy) is 3. The van der Waals surface area contributed by atoms with Gasteiger partial charge in [-0.2, -0.15) is 0 Å². The second-order valence-electron chi connectivity index (χ2n) is 6.66. The first-order valence-electron chi connectivity index (χ1n) is 8.97. The van der Waals surface area contributed by atoms with E-state index < -0.39 is 5.97 Å². The third-order valence-electron chi connectivity index (χ3n) is 4.25. The highest BCUT2D eigenvalue weighted by atomic mass is 16.5. The molecule has 0 saturated carbocycles. The maximum atomic E-state index is 13.0. The second-order valence-corrected chi connectivity index (χ2v) is 6.66. The van der Waals surface area contributed by atoms with Gasteiger partial charge in [-0.25, -0.2) is 4.79 Å². The van der Waals surface area contributed by atoms with Gasteiger partial charge in [0.05, 0.1) is 32.0 Å². The molecule has 0 radical (unpaired) electrons. The lowest BCUT2D eigenvalue weighted by molar-refractivity contribution is -0.136. The highest BCUT2D eigenvalue weighted by Gasteiger charge is 2.37. The van der Waals surface area contributed by atoms with E-state index in [1.54, 1.807) is 37.1 Å². The van der Waals surface area contributed by atoms with Crippen LogP contribution in [0.1, 0.15) is 33.3 Å². The van der Waals surface area contributed by atoms with Crippen LogP contribution in [-0.2, 0) is 14.3 Å². The highest BCUT2D eigenvalue weighted by Crippen LogP contribution is 2.34. The van der Waals surface area contributed by atoms with Crippen LogP contribution in [0.5, 0.6) is 11.5 Å². The van der Waals surface area contributed by atoms with Crippen molar-refractivity contribution in [2.45, 2.75) is 27.7 Å². The zero-order valence-electron chi connectivity index (χ0n) is 16.8. The normalized spacial score (nSPS) is 15.7. The third kappa shape index (κ3) is 4.32. The second kappa shape index (κ2) is 8.75. The molecule has 0 N–H and O–H groups in total. The van der Waals surface area contributed by atoms with Crippen molar-refractivity contribution in [2.75, 3.05) is 27.4 Å². The average Bonchev–Trinajstić information content (AvgIpc) is 2.86. The van der Waals surface area contributed by atoms with Crippen LogP contribution in [0.4, 0.5) is 0 Å². The van der Waals surface area contributed by atoms with Crippen LogP contribution in [0, 0.1) is 5.92 Å². The van der Waals surface area contributed by atoms with E-state index in [9.17, 15) is 9.59 Å². The Morgan fingerprint density at radius 3 is 2.48 bits per heavy atom. The van der Waals surface area contributed by atoms with Crippen molar-refractivity contribution >= 4 is 18.0 Å². The summed E-state index contributed by atoms with van der Waals surface area (Å²) in [6.45, 7) is 8.77. The summed E-state index contributed by atoms with van der Waals surface area (Å²) in [4.78, 5) is 26.9. The van der Waals surface area contributed by atoms with E-state index in [-0.39, 0.29) is 11.8 Å². The number of carbonyl (C=O) groups is 2. The number of hydrogen-bond acceptors (Lipinski definition) is 5. The molecule has 0 unspecified atom stereocenters. The molecule has 0 atom stereocenters. The molecule has 1 heterocycles. The Hall–Kier alpha value is -2.76. The van der Waals surface area contributed by atoms with E-state index in [1.807, 2.05) is 26.8 Å². The minimum absolute atomic E-state index is 0.200. The molecule has 6 nitrogen and oxygen atoms in total. The molecule has 1 aromatic rings. The first-order chi connectivity index (χ1) is 12.8. The Balaban J connectivity index is 2.51. The van der Waals surface area contributed by atoms with Gasteiger partial charge in [-0.05, 0) is 43.5 Å². The average molecular weight is 373 g/mol. The van der Waals surface area contributed by atoms with Gasteiger partial charge < -0.3 is 19.1 Å². The van der Waals surface area contributed by atoms with E-state index in [0.717, 1.165) is 5.56 Å². The first-order valence-corrected chi connectivity index (χ1v) is 8.97. The summed E-state index contributed by atoms with van der Waals surface area (Å²) in [6.07, 6.45) is 1.69. The predicted octanol–water partition coefficient (Wildman–Crippen LogP) is 3.42. The van der Waals surface area contributed by atoms with Crippen LogP contribution in [-0.4, -0.2) is 44.1 Å². The summed E-state index contributed by atoms with van der Waals surface area (Å²) in [5, 5.41) is 0. The largest absolute Gasteiger partial charge is 0.493 e. The van der Waals surface area contributed by atoms with Crippen molar-refractivity contribution in [3.05, 3.63) is 40.6 Å². The summed E-state index contributed by atoms with van der Waals surface area (Å²) < 4.78 is 15.8. The fourth-order valence-electron chi connectivity index (χ4n) is 3.03. The van der Waals surface area contributed by atoms with Gasteiger partial charge in [0.15, 0.2) is 11.5 Å². The van der Waals surface area contributed by atoms with Crippen LogP contribution in [0.3, 0.4) is 0 Å². The third-order valence-corrected chi connectivity index (χ3v) is 4.25. The van der Waals surface area contributed by atoms with Crippen LogP contribution in [0.2, 0.25) is 0 Å². The van der Waals surface area contributed by atoms with Crippen molar-refractivity contribution < 1.29 is 23.8 Å². The number of esters is 1. The maximum absolute atomic E-state index is 13.0. The zero-order chi connectivity index (χ0) is 20.1. The molecule has 0 saturated heterocycles. The number of benzene rings is 1. The molecule has 0 bridgehead atoms. The van der Waals surface area contributed by atoms with Gasteiger partial charge in [-0.15, -0.1) is 0 Å². The minimum Gasteiger partial charge on any atom is -0.493 e. The summed E-state index contributed by atoms with van der Waals surface area (Å²) in [7, 11) is 2.87. The molecular formula is C21H27NO5. The lowest BCUT2D eigenvalue weighted by atomic mass is 10.0. The van der Waals surface area contributed by atoms with Gasteiger partial charge in [0.25, 0.3) is 5.91 Å². The molecule has 1 amide bonds.